The van der Waals surface area contributed by atoms with Crippen molar-refractivity contribution < 1.29 is 17.5 Å². The van der Waals surface area contributed by atoms with Crippen LogP contribution in [-0.4, -0.2) is 47.4 Å². The molecule has 1 N–H and O–H groups in total. The van der Waals surface area contributed by atoms with Crippen LogP contribution in [0.1, 0.15) is 24.7 Å². The number of hydrogen-bond acceptors (Lipinski definition) is 7. The van der Waals surface area contributed by atoms with Crippen LogP contribution in [-0.2, 0) is 14.6 Å². The number of imidazole rings is 1. The van der Waals surface area contributed by atoms with E-state index in [1.165, 1.54) is 12.1 Å². The van der Waals surface area contributed by atoms with Gasteiger partial charge >= 0.3 is 0 Å². The summed E-state index contributed by atoms with van der Waals surface area (Å²) in [5, 5.41) is 2.96. The molecule has 4 rings (SSSR count). The van der Waals surface area contributed by atoms with Crippen molar-refractivity contribution in [2.24, 2.45) is 0 Å². The highest BCUT2D eigenvalue weighted by atomic mass is 35.5. The summed E-state index contributed by atoms with van der Waals surface area (Å²) < 4.78 is 45.7. The van der Waals surface area contributed by atoms with Crippen LogP contribution < -0.4 is 5.32 Å². The van der Waals surface area contributed by atoms with Crippen LogP contribution in [0, 0.1) is 12.7 Å². The van der Waals surface area contributed by atoms with Crippen LogP contribution >= 0.6 is 12.4 Å². The lowest BCUT2D eigenvalue weighted by Crippen LogP contribution is -2.21. The van der Waals surface area contributed by atoms with Crippen molar-refractivity contribution >= 4 is 33.9 Å². The lowest BCUT2D eigenvalue weighted by molar-refractivity contribution is 0.0694. The van der Waals surface area contributed by atoms with E-state index in [1.807, 2.05) is 11.5 Å². The summed E-state index contributed by atoms with van der Waals surface area (Å²) in [5.74, 6) is 0.387. The Balaban J connectivity index is 0.00000272. The molecule has 0 aliphatic carbocycles. The number of halogens is 2. The van der Waals surface area contributed by atoms with E-state index in [4.69, 9.17) is 4.74 Å². The predicted octanol–water partition coefficient (Wildman–Crippen LogP) is 3.71. The van der Waals surface area contributed by atoms with E-state index in [0.717, 1.165) is 31.1 Å². The Morgan fingerprint density at radius 3 is 2.65 bits per heavy atom. The van der Waals surface area contributed by atoms with Gasteiger partial charge in [-0.25, -0.2) is 27.8 Å². The van der Waals surface area contributed by atoms with Crippen molar-refractivity contribution in [3.05, 3.63) is 48.3 Å². The molecule has 1 saturated heterocycles. The molecule has 3 heterocycles. The van der Waals surface area contributed by atoms with Gasteiger partial charge in [0.1, 0.15) is 11.5 Å². The van der Waals surface area contributed by atoms with Gasteiger partial charge in [0.15, 0.2) is 15.7 Å². The Labute approximate surface area is 186 Å². The van der Waals surface area contributed by atoms with E-state index < -0.39 is 15.7 Å². The Morgan fingerprint density at radius 2 is 1.94 bits per heavy atom. The fourth-order valence-corrected chi connectivity index (χ4v) is 4.24. The summed E-state index contributed by atoms with van der Waals surface area (Å²) in [4.78, 5) is 12.9. The first-order valence-corrected chi connectivity index (χ1v) is 11.4. The van der Waals surface area contributed by atoms with Crippen molar-refractivity contribution in [1.82, 2.24) is 19.5 Å². The zero-order valence-electron chi connectivity index (χ0n) is 17.1. The molecule has 0 amide bonds. The number of anilines is 2. The Bertz CT molecular complexity index is 1180. The van der Waals surface area contributed by atoms with Gasteiger partial charge in [0, 0.05) is 31.2 Å². The number of aryl methyl sites for hydroxylation is 1. The van der Waals surface area contributed by atoms with Crippen LogP contribution in [0.2, 0.25) is 0 Å². The first kappa shape index (κ1) is 23.1. The third kappa shape index (κ3) is 5.03. The molecule has 2 aromatic heterocycles. The molecule has 166 valence electrons. The smallest absolute Gasteiger partial charge is 0.227 e. The molecule has 8 nitrogen and oxygen atoms in total. The highest BCUT2D eigenvalue weighted by Crippen LogP contribution is 2.31. The summed E-state index contributed by atoms with van der Waals surface area (Å²) in [5.41, 5.74) is 1.20. The first-order chi connectivity index (χ1) is 14.3. The summed E-state index contributed by atoms with van der Waals surface area (Å²) in [7, 11) is -3.35. The maximum absolute atomic E-state index is 14.7. The number of rotatable bonds is 5. The van der Waals surface area contributed by atoms with Crippen molar-refractivity contribution in [3.63, 3.8) is 0 Å². The van der Waals surface area contributed by atoms with Gasteiger partial charge in [0.25, 0.3) is 0 Å². The molecule has 1 aliphatic heterocycles. The number of hydrogen-bond donors (Lipinski definition) is 1. The number of ether oxygens (including phenoxy) is 1. The quantitative estimate of drug-likeness (QED) is 0.610. The third-order valence-electron chi connectivity index (χ3n) is 5.04. The highest BCUT2D eigenvalue weighted by Gasteiger charge is 2.23. The van der Waals surface area contributed by atoms with Crippen LogP contribution in [0.5, 0.6) is 0 Å². The van der Waals surface area contributed by atoms with Gasteiger partial charge < -0.3 is 14.6 Å². The van der Waals surface area contributed by atoms with Crippen LogP contribution in [0.25, 0.3) is 11.4 Å². The Kier molecular flexibility index (Phi) is 6.93. The van der Waals surface area contributed by atoms with Gasteiger partial charge in [0.05, 0.1) is 23.0 Å². The molecule has 0 unspecified atom stereocenters. The van der Waals surface area contributed by atoms with E-state index in [1.54, 1.807) is 18.3 Å². The van der Waals surface area contributed by atoms with Gasteiger partial charge in [-0.05, 0) is 38.0 Å². The molecule has 1 aromatic carbocycles. The van der Waals surface area contributed by atoms with Gasteiger partial charge in [0.2, 0.25) is 5.95 Å². The minimum Gasteiger partial charge on any atom is -0.381 e. The minimum atomic E-state index is -3.35. The van der Waals surface area contributed by atoms with Gasteiger partial charge in [-0.2, -0.15) is 0 Å². The average molecular weight is 468 g/mol. The molecule has 0 bridgehead atoms. The largest absolute Gasteiger partial charge is 0.381 e. The first-order valence-electron chi connectivity index (χ1n) is 9.54. The predicted molar refractivity (Wildman–Crippen MR) is 117 cm³/mol. The maximum Gasteiger partial charge on any atom is 0.227 e. The molecule has 0 saturated carbocycles. The van der Waals surface area contributed by atoms with Crippen molar-refractivity contribution in [2.75, 3.05) is 24.8 Å². The highest BCUT2D eigenvalue weighted by molar-refractivity contribution is 7.90. The molecular weight excluding hydrogens is 445 g/mol. The number of aromatic nitrogens is 4. The second kappa shape index (κ2) is 9.29. The molecule has 0 atom stereocenters. The molecule has 0 radical (unpaired) electrons. The van der Waals surface area contributed by atoms with E-state index >= 15 is 0 Å². The second-order valence-electron chi connectivity index (χ2n) is 7.22. The zero-order valence-corrected chi connectivity index (χ0v) is 18.7. The molecule has 1 aliphatic rings. The molecular formula is C20H23ClFN5O3S. The van der Waals surface area contributed by atoms with Crippen LogP contribution in [0.3, 0.4) is 0 Å². The fourth-order valence-electron chi connectivity index (χ4n) is 3.57. The normalized spacial score (nSPS) is 14.8. The van der Waals surface area contributed by atoms with E-state index in [0.29, 0.717) is 24.6 Å². The third-order valence-corrected chi connectivity index (χ3v) is 6.15. The van der Waals surface area contributed by atoms with E-state index in [-0.39, 0.29) is 35.0 Å². The lowest BCUT2D eigenvalue weighted by atomic mass is 10.1. The van der Waals surface area contributed by atoms with Gasteiger partial charge in [-0.15, -0.1) is 12.4 Å². The summed E-state index contributed by atoms with van der Waals surface area (Å²) in [6, 6.07) is 6.46. The lowest BCUT2D eigenvalue weighted by Gasteiger charge is -2.26. The standard InChI is InChI=1S/C20H22FN5O3S.ClH/c1-13-22-12-18(26(13)15-6-8-29-9-7-15)19-17(21)11-23-20(25-19)24-14-4-3-5-16(10-14)30(2,27)28;/h3-5,10-12,15H,6-9H2,1-2H3,(H,23,24,25);1H. The van der Waals surface area contributed by atoms with Crippen molar-refractivity contribution in [3.8, 4) is 11.4 Å². The summed E-state index contributed by atoms with van der Waals surface area (Å²) >= 11 is 0. The SMILES string of the molecule is Cc1ncc(-c2nc(Nc3cccc(S(C)(=O)=O)c3)ncc2F)n1C1CCOCC1.Cl. The molecule has 3 aromatic rings. The van der Waals surface area contributed by atoms with Crippen LogP contribution in [0.15, 0.2) is 41.6 Å². The number of nitrogens with one attached hydrogen (secondary N) is 1. The van der Waals surface area contributed by atoms with E-state index in [2.05, 4.69) is 20.3 Å². The van der Waals surface area contributed by atoms with Crippen LogP contribution in [0.4, 0.5) is 16.0 Å². The topological polar surface area (TPSA) is 99.0 Å². The van der Waals surface area contributed by atoms with Crippen molar-refractivity contribution in [2.45, 2.75) is 30.7 Å². The molecule has 11 heteroatoms. The second-order valence-corrected chi connectivity index (χ2v) is 9.24. The molecule has 31 heavy (non-hydrogen) atoms. The molecule has 1 fully saturated rings. The monoisotopic (exact) mass is 467 g/mol. The number of nitrogens with zero attached hydrogens (tertiary/aromatic N) is 4. The number of sulfone groups is 1. The summed E-state index contributed by atoms with van der Waals surface area (Å²) in [6.07, 6.45) is 5.49. The Morgan fingerprint density at radius 1 is 1.19 bits per heavy atom. The van der Waals surface area contributed by atoms with E-state index in [9.17, 15) is 12.8 Å². The van der Waals surface area contributed by atoms with Crippen molar-refractivity contribution in [1.29, 1.82) is 0 Å². The number of benzene rings is 1. The van der Waals surface area contributed by atoms with Gasteiger partial charge in [-0.3, -0.25) is 0 Å². The Hall–Kier alpha value is -2.56. The zero-order chi connectivity index (χ0) is 21.3. The average Bonchev–Trinajstić information content (AvgIpc) is 3.11. The van der Waals surface area contributed by atoms with Gasteiger partial charge in [-0.1, -0.05) is 6.07 Å². The maximum atomic E-state index is 14.7. The fraction of sp³-hybridized carbons (Fsp3) is 0.350. The summed E-state index contributed by atoms with van der Waals surface area (Å²) in [6.45, 7) is 3.18. The molecule has 0 spiro atoms. The minimum absolute atomic E-state index is 0.